The summed E-state index contributed by atoms with van der Waals surface area (Å²) in [6.07, 6.45) is 15.2. The summed E-state index contributed by atoms with van der Waals surface area (Å²) < 4.78 is 0. The van der Waals surface area contributed by atoms with E-state index in [-0.39, 0.29) is 5.78 Å². The second kappa shape index (κ2) is 13.0. The second-order valence-corrected chi connectivity index (χ2v) is 7.61. The van der Waals surface area contributed by atoms with Gasteiger partial charge in [-0.15, -0.1) is 0 Å². The van der Waals surface area contributed by atoms with E-state index >= 15 is 0 Å². The number of ketones is 1. The van der Waals surface area contributed by atoms with Crippen LogP contribution in [0, 0.1) is 5.92 Å². The third kappa shape index (κ3) is 14.2. The molecule has 0 fully saturated rings. The minimum absolute atomic E-state index is 0.281. The fourth-order valence-corrected chi connectivity index (χ4v) is 2.70. The van der Waals surface area contributed by atoms with Gasteiger partial charge < -0.3 is 4.79 Å². The predicted octanol–water partition coefficient (Wildman–Crippen LogP) is 7.36. The number of carbonyl (C=O) groups is 1. The molecule has 0 aliphatic carbocycles. The van der Waals surface area contributed by atoms with Crippen molar-refractivity contribution in [2.45, 2.75) is 87.0 Å². The molecule has 0 saturated heterocycles. The maximum atomic E-state index is 11.6. The van der Waals surface area contributed by atoms with Gasteiger partial charge in [-0.2, -0.15) is 0 Å². The lowest BCUT2D eigenvalue weighted by atomic mass is 9.94. The highest BCUT2D eigenvalue weighted by Gasteiger charge is 2.08. The molecule has 0 aromatic rings. The summed E-state index contributed by atoms with van der Waals surface area (Å²) in [4.78, 5) is 11.6. The lowest BCUT2D eigenvalue weighted by Gasteiger charge is -2.11. The van der Waals surface area contributed by atoms with Crippen LogP contribution in [0.15, 0.2) is 46.6 Å². The fraction of sp³-hybridized carbons (Fsp3) is 0.609. The van der Waals surface area contributed by atoms with E-state index in [0.717, 1.165) is 32.1 Å². The maximum absolute atomic E-state index is 11.6. The van der Waals surface area contributed by atoms with Gasteiger partial charge in [0, 0.05) is 6.42 Å². The van der Waals surface area contributed by atoms with Crippen LogP contribution >= 0.6 is 0 Å². The van der Waals surface area contributed by atoms with E-state index in [0.29, 0.717) is 12.3 Å². The zero-order valence-corrected chi connectivity index (χ0v) is 17.0. The molecule has 0 heterocycles. The monoisotopic (exact) mass is 330 g/mol. The van der Waals surface area contributed by atoms with Crippen molar-refractivity contribution in [3.8, 4) is 0 Å². The molecule has 24 heavy (non-hydrogen) atoms. The first kappa shape index (κ1) is 22.6. The van der Waals surface area contributed by atoms with Gasteiger partial charge in [-0.1, -0.05) is 46.6 Å². The van der Waals surface area contributed by atoms with Crippen LogP contribution in [0.1, 0.15) is 87.0 Å². The minimum atomic E-state index is 0.281. The van der Waals surface area contributed by atoms with Crippen LogP contribution in [0.2, 0.25) is 0 Å². The molecule has 1 atom stereocenters. The van der Waals surface area contributed by atoms with Crippen LogP contribution in [0.4, 0.5) is 0 Å². The van der Waals surface area contributed by atoms with Gasteiger partial charge in [0.05, 0.1) is 0 Å². The van der Waals surface area contributed by atoms with Crippen molar-refractivity contribution in [1.82, 2.24) is 0 Å². The lowest BCUT2D eigenvalue weighted by Crippen LogP contribution is -2.03. The Balaban J connectivity index is 4.67. The molecule has 0 aromatic heterocycles. The molecular weight excluding hydrogens is 292 g/mol. The van der Waals surface area contributed by atoms with E-state index < -0.39 is 0 Å². The van der Waals surface area contributed by atoms with Crippen molar-refractivity contribution >= 4 is 5.78 Å². The highest BCUT2D eigenvalue weighted by Crippen LogP contribution is 2.19. The summed E-state index contributed by atoms with van der Waals surface area (Å²) in [7, 11) is 0. The SMILES string of the molecule is CC(=O)CC(/C=C(\C)CCC=C(C)C)C/C=C(\C)CCC=C(C)C. The minimum Gasteiger partial charge on any atom is -0.300 e. The molecule has 0 aromatic carbocycles. The molecule has 136 valence electrons. The van der Waals surface area contributed by atoms with Gasteiger partial charge in [0.1, 0.15) is 5.78 Å². The fourth-order valence-electron chi connectivity index (χ4n) is 2.70. The number of hydrogen-bond acceptors (Lipinski definition) is 1. The molecule has 1 unspecified atom stereocenters. The number of rotatable bonds is 11. The maximum Gasteiger partial charge on any atom is 0.130 e. The average Bonchev–Trinajstić information content (AvgIpc) is 2.43. The van der Waals surface area contributed by atoms with Crippen molar-refractivity contribution in [3.05, 3.63) is 46.6 Å². The molecular formula is C23H38O. The van der Waals surface area contributed by atoms with Gasteiger partial charge >= 0.3 is 0 Å². The predicted molar refractivity (Wildman–Crippen MR) is 108 cm³/mol. The summed E-state index contributed by atoms with van der Waals surface area (Å²) >= 11 is 0. The summed E-state index contributed by atoms with van der Waals surface area (Å²) in [6, 6.07) is 0. The molecule has 0 aliphatic heterocycles. The highest BCUT2D eigenvalue weighted by molar-refractivity contribution is 5.76. The Morgan fingerprint density at radius 2 is 1.25 bits per heavy atom. The Morgan fingerprint density at radius 1 is 0.750 bits per heavy atom. The summed E-state index contributed by atoms with van der Waals surface area (Å²) in [5, 5.41) is 0. The number of carbonyl (C=O) groups excluding carboxylic acids is 1. The molecule has 0 N–H and O–H groups in total. The van der Waals surface area contributed by atoms with Crippen molar-refractivity contribution < 1.29 is 4.79 Å². The van der Waals surface area contributed by atoms with Crippen LogP contribution in [0.25, 0.3) is 0 Å². The molecule has 0 saturated carbocycles. The van der Waals surface area contributed by atoms with E-state index in [2.05, 4.69) is 65.8 Å². The van der Waals surface area contributed by atoms with Gasteiger partial charge in [-0.25, -0.2) is 0 Å². The van der Waals surface area contributed by atoms with Crippen LogP contribution < -0.4 is 0 Å². The van der Waals surface area contributed by atoms with Crippen LogP contribution in [0.5, 0.6) is 0 Å². The van der Waals surface area contributed by atoms with Gasteiger partial charge in [0.2, 0.25) is 0 Å². The third-order valence-electron chi connectivity index (χ3n) is 4.02. The molecule has 0 rings (SSSR count). The zero-order valence-electron chi connectivity index (χ0n) is 17.0. The molecule has 1 heteroatoms. The first-order valence-corrected chi connectivity index (χ1v) is 9.29. The quantitative estimate of drug-likeness (QED) is 0.362. The van der Waals surface area contributed by atoms with Crippen molar-refractivity contribution in [2.75, 3.05) is 0 Å². The Hall–Kier alpha value is -1.37. The zero-order chi connectivity index (χ0) is 18.5. The first-order chi connectivity index (χ1) is 11.2. The Bertz CT molecular complexity index is 492. The van der Waals surface area contributed by atoms with Gasteiger partial charge in [-0.05, 0) is 86.5 Å². The summed E-state index contributed by atoms with van der Waals surface area (Å²) in [5.74, 6) is 0.622. The van der Waals surface area contributed by atoms with Crippen molar-refractivity contribution in [2.24, 2.45) is 5.92 Å². The van der Waals surface area contributed by atoms with Crippen molar-refractivity contribution in [1.29, 1.82) is 0 Å². The number of hydrogen-bond donors (Lipinski definition) is 0. The Kier molecular flexibility index (Phi) is 12.2. The third-order valence-corrected chi connectivity index (χ3v) is 4.02. The molecule has 1 nitrogen and oxygen atoms in total. The molecule has 0 radical (unpaired) electrons. The standard InChI is InChI=1S/C23H38O/c1-18(2)10-8-12-20(5)14-15-23(17-22(7)24)16-21(6)13-9-11-19(3)4/h10-11,14,16,23H,8-9,12-13,15,17H2,1-7H3/b20-14+,21-16+. The number of Topliss-reactive ketones (excluding diaryl/α,β-unsaturated/α-hetero) is 1. The molecule has 0 amide bonds. The molecule has 0 bridgehead atoms. The Labute approximate surface area is 150 Å². The summed E-state index contributed by atoms with van der Waals surface area (Å²) in [5.41, 5.74) is 5.58. The van der Waals surface area contributed by atoms with Gasteiger partial charge in [-0.3, -0.25) is 0 Å². The number of allylic oxidation sites excluding steroid dienone is 8. The van der Waals surface area contributed by atoms with E-state index in [1.165, 1.54) is 22.3 Å². The topological polar surface area (TPSA) is 17.1 Å². The van der Waals surface area contributed by atoms with Crippen LogP contribution in [-0.2, 0) is 4.79 Å². The average molecular weight is 331 g/mol. The molecule has 0 spiro atoms. The van der Waals surface area contributed by atoms with Crippen LogP contribution in [-0.4, -0.2) is 5.78 Å². The Morgan fingerprint density at radius 3 is 1.71 bits per heavy atom. The molecule has 0 aliphatic rings. The lowest BCUT2D eigenvalue weighted by molar-refractivity contribution is -0.117. The van der Waals surface area contributed by atoms with Crippen LogP contribution in [0.3, 0.4) is 0 Å². The summed E-state index contributed by atoms with van der Waals surface area (Å²) in [6.45, 7) is 14.7. The van der Waals surface area contributed by atoms with E-state index in [9.17, 15) is 4.79 Å². The van der Waals surface area contributed by atoms with Gasteiger partial charge in [0.15, 0.2) is 0 Å². The van der Waals surface area contributed by atoms with Crippen molar-refractivity contribution in [3.63, 3.8) is 0 Å². The smallest absolute Gasteiger partial charge is 0.130 e. The normalized spacial score (nSPS) is 13.5. The van der Waals surface area contributed by atoms with E-state index in [4.69, 9.17) is 0 Å². The van der Waals surface area contributed by atoms with E-state index in [1.807, 2.05) is 0 Å². The van der Waals surface area contributed by atoms with Gasteiger partial charge in [0.25, 0.3) is 0 Å². The highest BCUT2D eigenvalue weighted by atomic mass is 16.1. The second-order valence-electron chi connectivity index (χ2n) is 7.61. The largest absolute Gasteiger partial charge is 0.300 e. The first-order valence-electron chi connectivity index (χ1n) is 9.29. The van der Waals surface area contributed by atoms with E-state index in [1.54, 1.807) is 6.92 Å².